The molecule has 3 nitrogen and oxygen atoms in total. The molecule has 3 N–H and O–H groups in total. The van der Waals surface area contributed by atoms with E-state index >= 15 is 0 Å². The lowest BCUT2D eigenvalue weighted by atomic mass is 9.94. The minimum Gasteiger partial charge on any atom is -0.368 e. The topological polar surface area (TPSA) is 55.1 Å². The molecule has 96 valence electrons. The van der Waals surface area contributed by atoms with Crippen molar-refractivity contribution < 1.29 is 4.79 Å². The summed E-state index contributed by atoms with van der Waals surface area (Å²) in [6.45, 7) is 0.840. The van der Waals surface area contributed by atoms with Crippen LogP contribution in [0.3, 0.4) is 0 Å². The average molecular weight is 244 g/mol. The fraction of sp³-hybridized carbons (Fsp3) is 0.400. The Balaban J connectivity index is 1.95. The van der Waals surface area contributed by atoms with Gasteiger partial charge in [0, 0.05) is 0 Å². The van der Waals surface area contributed by atoms with Crippen molar-refractivity contribution in [2.45, 2.75) is 25.3 Å². The van der Waals surface area contributed by atoms with Gasteiger partial charge in [-0.25, -0.2) is 0 Å². The normalized spacial score (nSPS) is 20.6. The van der Waals surface area contributed by atoms with Gasteiger partial charge in [-0.3, -0.25) is 4.79 Å². The molecule has 0 saturated heterocycles. The van der Waals surface area contributed by atoms with Crippen LogP contribution in [-0.2, 0) is 4.79 Å². The predicted octanol–water partition coefficient (Wildman–Crippen LogP) is 2.16. The zero-order chi connectivity index (χ0) is 12.8. The molecule has 0 heterocycles. The van der Waals surface area contributed by atoms with Crippen molar-refractivity contribution in [3.05, 3.63) is 48.0 Å². The number of primary amides is 1. The monoisotopic (exact) mass is 244 g/mol. The molecule has 2 atom stereocenters. The van der Waals surface area contributed by atoms with Crippen LogP contribution in [0.5, 0.6) is 0 Å². The van der Waals surface area contributed by atoms with Crippen LogP contribution in [0.2, 0.25) is 0 Å². The molecule has 0 saturated carbocycles. The summed E-state index contributed by atoms with van der Waals surface area (Å²) in [5, 5.41) is 3.30. The Kier molecular flexibility index (Phi) is 4.53. The molecule has 0 aliphatic heterocycles. The van der Waals surface area contributed by atoms with Crippen molar-refractivity contribution in [1.29, 1.82) is 0 Å². The quantitative estimate of drug-likeness (QED) is 0.780. The lowest BCUT2D eigenvalue weighted by Crippen LogP contribution is -2.36. The summed E-state index contributed by atoms with van der Waals surface area (Å²) >= 11 is 0. The van der Waals surface area contributed by atoms with E-state index in [1.807, 2.05) is 30.3 Å². The molecule has 1 aliphatic rings. The number of rotatable bonds is 5. The largest absolute Gasteiger partial charge is 0.368 e. The number of carbonyl (C=O) groups is 1. The van der Waals surface area contributed by atoms with E-state index in [9.17, 15) is 4.79 Å². The van der Waals surface area contributed by atoms with E-state index in [0.717, 1.165) is 24.9 Å². The van der Waals surface area contributed by atoms with Gasteiger partial charge in [0.2, 0.25) is 5.91 Å². The Hall–Kier alpha value is -1.61. The van der Waals surface area contributed by atoms with Crippen LogP contribution in [0.4, 0.5) is 0 Å². The molecule has 1 aliphatic carbocycles. The van der Waals surface area contributed by atoms with E-state index in [1.165, 1.54) is 6.42 Å². The van der Waals surface area contributed by atoms with Crippen molar-refractivity contribution in [2.24, 2.45) is 11.7 Å². The number of amides is 1. The van der Waals surface area contributed by atoms with Crippen molar-refractivity contribution >= 4 is 5.91 Å². The van der Waals surface area contributed by atoms with Crippen LogP contribution in [-0.4, -0.2) is 12.5 Å². The summed E-state index contributed by atoms with van der Waals surface area (Å²) in [5.41, 5.74) is 6.41. The van der Waals surface area contributed by atoms with Gasteiger partial charge < -0.3 is 11.1 Å². The van der Waals surface area contributed by atoms with Crippen LogP contribution in [0.25, 0.3) is 0 Å². The van der Waals surface area contributed by atoms with E-state index in [0.29, 0.717) is 5.92 Å². The summed E-state index contributed by atoms with van der Waals surface area (Å²) in [6, 6.07) is 9.28. The average Bonchev–Trinajstić information content (AvgIpc) is 2.41. The molecular weight excluding hydrogens is 224 g/mol. The highest BCUT2D eigenvalue weighted by Crippen LogP contribution is 2.19. The zero-order valence-corrected chi connectivity index (χ0v) is 10.5. The second kappa shape index (κ2) is 6.36. The third-order valence-corrected chi connectivity index (χ3v) is 3.41. The van der Waals surface area contributed by atoms with Gasteiger partial charge >= 0.3 is 0 Å². The molecule has 0 spiro atoms. The molecule has 3 heteroatoms. The molecular formula is C15H20N2O. The third-order valence-electron chi connectivity index (χ3n) is 3.41. The lowest BCUT2D eigenvalue weighted by molar-refractivity contribution is -0.120. The Bertz CT molecular complexity index is 414. The van der Waals surface area contributed by atoms with Crippen molar-refractivity contribution in [2.75, 3.05) is 6.54 Å². The molecule has 1 amide bonds. The first-order valence-electron chi connectivity index (χ1n) is 6.50. The second-order valence-electron chi connectivity index (χ2n) is 4.80. The van der Waals surface area contributed by atoms with Gasteiger partial charge in [0.1, 0.15) is 6.04 Å². The molecule has 1 aromatic rings. The standard InChI is InChI=1S/C15H20N2O/c16-15(18)14(13-9-5-2-6-10-13)17-11-12-7-3-1-4-8-12/h1-3,5-6,9-10,12,14,17H,4,7-8,11H2,(H2,16,18)/t12-,14-/m0/s1. The Morgan fingerprint density at radius 3 is 2.72 bits per heavy atom. The molecule has 0 unspecified atom stereocenters. The SMILES string of the molecule is NC(=O)[C@@H](NC[C@H]1CC=CCC1)c1ccccc1. The van der Waals surface area contributed by atoms with Crippen molar-refractivity contribution in [3.63, 3.8) is 0 Å². The number of carbonyl (C=O) groups excluding carboxylic acids is 1. The minimum atomic E-state index is -0.378. The third kappa shape index (κ3) is 3.44. The van der Waals surface area contributed by atoms with Gasteiger partial charge in [-0.1, -0.05) is 42.5 Å². The van der Waals surface area contributed by atoms with Crippen LogP contribution in [0.15, 0.2) is 42.5 Å². The Labute approximate surface area is 108 Å². The number of nitrogens with two attached hydrogens (primary N) is 1. The maximum atomic E-state index is 11.5. The summed E-state index contributed by atoms with van der Waals surface area (Å²) < 4.78 is 0. The fourth-order valence-corrected chi connectivity index (χ4v) is 2.35. The summed E-state index contributed by atoms with van der Waals surface area (Å²) in [5.74, 6) is 0.299. The highest BCUT2D eigenvalue weighted by molar-refractivity contribution is 5.81. The smallest absolute Gasteiger partial charge is 0.239 e. The van der Waals surface area contributed by atoms with Crippen molar-refractivity contribution in [1.82, 2.24) is 5.32 Å². The minimum absolute atomic E-state index is 0.312. The number of hydrogen-bond donors (Lipinski definition) is 2. The molecule has 2 rings (SSSR count). The number of nitrogens with one attached hydrogen (secondary N) is 1. The highest BCUT2D eigenvalue weighted by Gasteiger charge is 2.19. The highest BCUT2D eigenvalue weighted by atomic mass is 16.1. The van der Waals surface area contributed by atoms with E-state index in [-0.39, 0.29) is 11.9 Å². The van der Waals surface area contributed by atoms with Crippen LogP contribution >= 0.6 is 0 Å². The molecule has 0 radical (unpaired) electrons. The predicted molar refractivity (Wildman–Crippen MR) is 72.9 cm³/mol. The van der Waals surface area contributed by atoms with Gasteiger partial charge in [0.05, 0.1) is 0 Å². The van der Waals surface area contributed by atoms with E-state index in [1.54, 1.807) is 0 Å². The molecule has 0 aromatic heterocycles. The van der Waals surface area contributed by atoms with Crippen molar-refractivity contribution in [3.8, 4) is 0 Å². The first kappa shape index (κ1) is 12.8. The zero-order valence-electron chi connectivity index (χ0n) is 10.5. The van der Waals surface area contributed by atoms with E-state index in [2.05, 4.69) is 17.5 Å². The molecule has 0 bridgehead atoms. The first-order valence-corrected chi connectivity index (χ1v) is 6.50. The summed E-state index contributed by atoms with van der Waals surface area (Å²) in [4.78, 5) is 11.5. The van der Waals surface area contributed by atoms with Gasteiger partial charge in [-0.05, 0) is 37.3 Å². The lowest BCUT2D eigenvalue weighted by Gasteiger charge is -2.22. The summed E-state index contributed by atoms with van der Waals surface area (Å²) in [7, 11) is 0. The van der Waals surface area contributed by atoms with Gasteiger partial charge in [-0.2, -0.15) is 0 Å². The number of hydrogen-bond acceptors (Lipinski definition) is 2. The maximum Gasteiger partial charge on any atom is 0.239 e. The first-order chi connectivity index (χ1) is 8.77. The molecule has 1 aromatic carbocycles. The number of allylic oxidation sites excluding steroid dienone is 2. The van der Waals surface area contributed by atoms with E-state index in [4.69, 9.17) is 5.73 Å². The Morgan fingerprint density at radius 1 is 1.33 bits per heavy atom. The summed E-state index contributed by atoms with van der Waals surface area (Å²) in [6.07, 6.45) is 7.85. The van der Waals surface area contributed by atoms with E-state index < -0.39 is 0 Å². The van der Waals surface area contributed by atoms with Gasteiger partial charge in [0.25, 0.3) is 0 Å². The fourth-order valence-electron chi connectivity index (χ4n) is 2.35. The second-order valence-corrected chi connectivity index (χ2v) is 4.80. The number of benzene rings is 1. The van der Waals surface area contributed by atoms with Gasteiger partial charge in [-0.15, -0.1) is 0 Å². The van der Waals surface area contributed by atoms with Crippen LogP contribution < -0.4 is 11.1 Å². The van der Waals surface area contributed by atoms with Crippen LogP contribution in [0, 0.1) is 5.92 Å². The maximum absolute atomic E-state index is 11.5. The molecule has 18 heavy (non-hydrogen) atoms. The Morgan fingerprint density at radius 2 is 2.11 bits per heavy atom. The molecule has 0 fully saturated rings. The van der Waals surface area contributed by atoms with Crippen LogP contribution in [0.1, 0.15) is 30.9 Å². The van der Waals surface area contributed by atoms with Gasteiger partial charge in [0.15, 0.2) is 0 Å².